The molecular weight excluding hydrogens is 278 g/mol. The molecule has 0 bridgehead atoms. The molecule has 0 unspecified atom stereocenters. The zero-order chi connectivity index (χ0) is 14.8. The van der Waals surface area contributed by atoms with Crippen molar-refractivity contribution in [2.75, 3.05) is 30.9 Å². The average molecular weight is 288 g/mol. The molecule has 1 N–H and O–H groups in total. The van der Waals surface area contributed by atoms with E-state index in [0.29, 0.717) is 11.0 Å². The number of hydrogen-bond acceptors (Lipinski definition) is 4. The summed E-state index contributed by atoms with van der Waals surface area (Å²) in [6, 6.07) is 0.465. The normalized spacial score (nSPS) is 12.4. The van der Waals surface area contributed by atoms with Gasteiger partial charge in [-0.2, -0.15) is 31.3 Å². The molecule has 0 spiro atoms. The van der Waals surface area contributed by atoms with Crippen molar-refractivity contribution < 1.29 is 26.3 Å². The predicted molar refractivity (Wildman–Crippen MR) is 55.9 cm³/mol. The molecule has 19 heavy (non-hydrogen) atoms. The molecule has 0 saturated heterocycles. The van der Waals surface area contributed by atoms with Crippen LogP contribution in [0.25, 0.3) is 0 Å². The minimum Gasteiger partial charge on any atom is -0.357 e. The lowest BCUT2D eigenvalue weighted by atomic mass is 10.3. The van der Waals surface area contributed by atoms with E-state index in [9.17, 15) is 26.3 Å². The molecule has 0 radical (unpaired) electrons. The molecule has 10 heteroatoms. The van der Waals surface area contributed by atoms with Crippen molar-refractivity contribution in [3.8, 4) is 0 Å². The average Bonchev–Trinajstić information content (AvgIpc) is 2.25. The van der Waals surface area contributed by atoms with Crippen molar-refractivity contribution in [3.63, 3.8) is 0 Å². The van der Waals surface area contributed by atoms with Gasteiger partial charge in [0.15, 0.2) is 5.69 Å². The van der Waals surface area contributed by atoms with Crippen LogP contribution in [0.2, 0.25) is 0 Å². The topological polar surface area (TPSA) is 41.1 Å². The fourth-order valence-corrected chi connectivity index (χ4v) is 1.24. The van der Waals surface area contributed by atoms with Crippen LogP contribution in [0.1, 0.15) is 5.69 Å². The van der Waals surface area contributed by atoms with Gasteiger partial charge in [-0.15, -0.1) is 0 Å². The predicted octanol–water partition coefficient (Wildman–Crippen LogP) is 2.54. The second-order valence-electron chi connectivity index (χ2n) is 3.65. The van der Waals surface area contributed by atoms with E-state index in [1.54, 1.807) is 0 Å². The van der Waals surface area contributed by atoms with E-state index >= 15 is 0 Å². The van der Waals surface area contributed by atoms with Gasteiger partial charge in [-0.3, -0.25) is 0 Å². The number of aromatic nitrogens is 2. The number of hydrogen-bond donors (Lipinski definition) is 1. The third-order valence-electron chi connectivity index (χ3n) is 2.03. The molecule has 1 aromatic heterocycles. The van der Waals surface area contributed by atoms with Gasteiger partial charge in [0, 0.05) is 20.2 Å². The summed E-state index contributed by atoms with van der Waals surface area (Å²) in [5, 5.41) is 2.27. The first-order valence-corrected chi connectivity index (χ1v) is 4.95. The monoisotopic (exact) mass is 288 g/mol. The van der Waals surface area contributed by atoms with E-state index < -0.39 is 36.4 Å². The van der Waals surface area contributed by atoms with Gasteiger partial charge in [0.05, 0.1) is 0 Å². The van der Waals surface area contributed by atoms with Gasteiger partial charge >= 0.3 is 12.4 Å². The van der Waals surface area contributed by atoms with Crippen molar-refractivity contribution in [1.29, 1.82) is 0 Å². The molecule has 0 saturated carbocycles. The lowest BCUT2D eigenvalue weighted by Crippen LogP contribution is -2.32. The highest BCUT2D eigenvalue weighted by atomic mass is 19.4. The van der Waals surface area contributed by atoms with Crippen LogP contribution in [0, 0.1) is 0 Å². The van der Waals surface area contributed by atoms with Crippen LogP contribution in [-0.4, -0.2) is 36.8 Å². The second kappa shape index (κ2) is 5.10. The third kappa shape index (κ3) is 4.45. The number of nitrogens with zero attached hydrogens (tertiary/aromatic N) is 3. The SMILES string of the molecule is CNc1nc(N(C)CC(F)(F)F)cc(C(F)(F)F)n1. The molecule has 0 aromatic carbocycles. The summed E-state index contributed by atoms with van der Waals surface area (Å²) in [6.07, 6.45) is -9.31. The Morgan fingerprint density at radius 3 is 2.16 bits per heavy atom. The minimum atomic E-state index is -4.76. The quantitative estimate of drug-likeness (QED) is 0.868. The Morgan fingerprint density at radius 2 is 1.74 bits per heavy atom. The highest BCUT2D eigenvalue weighted by Gasteiger charge is 2.35. The summed E-state index contributed by atoms with van der Waals surface area (Å²) in [5.41, 5.74) is -1.31. The maximum absolute atomic E-state index is 12.5. The Balaban J connectivity index is 3.13. The van der Waals surface area contributed by atoms with Crippen LogP contribution in [-0.2, 0) is 6.18 Å². The van der Waals surface area contributed by atoms with Gasteiger partial charge in [-0.1, -0.05) is 0 Å². The van der Waals surface area contributed by atoms with E-state index in [2.05, 4.69) is 15.3 Å². The second-order valence-corrected chi connectivity index (χ2v) is 3.65. The Bertz CT molecular complexity index is 441. The van der Waals surface area contributed by atoms with Crippen molar-refractivity contribution in [2.24, 2.45) is 0 Å². The Kier molecular flexibility index (Phi) is 4.11. The van der Waals surface area contributed by atoms with E-state index in [0.717, 1.165) is 7.05 Å². The molecule has 0 aliphatic carbocycles. The molecule has 0 amide bonds. The van der Waals surface area contributed by atoms with Gasteiger partial charge in [-0.05, 0) is 0 Å². The van der Waals surface area contributed by atoms with Crippen LogP contribution >= 0.6 is 0 Å². The number of halogens is 6. The Morgan fingerprint density at radius 1 is 1.16 bits per heavy atom. The van der Waals surface area contributed by atoms with Crippen LogP contribution in [0.4, 0.5) is 38.1 Å². The van der Waals surface area contributed by atoms with E-state index in [1.165, 1.54) is 7.05 Å². The standard InChI is InChI=1S/C9H10F6N4/c1-16-7-17-5(9(13,14)15)3-6(18-7)19(2)4-8(10,11)12/h3H,4H2,1-2H3,(H,16,17,18). The zero-order valence-corrected chi connectivity index (χ0v) is 9.89. The number of anilines is 2. The first-order chi connectivity index (χ1) is 8.53. The van der Waals surface area contributed by atoms with Crippen molar-refractivity contribution in [3.05, 3.63) is 11.8 Å². The van der Waals surface area contributed by atoms with Gasteiger partial charge < -0.3 is 10.2 Å². The third-order valence-corrected chi connectivity index (χ3v) is 2.03. The molecule has 1 rings (SSSR count). The van der Waals surface area contributed by atoms with E-state index in [4.69, 9.17) is 0 Å². The number of nitrogens with one attached hydrogen (secondary N) is 1. The Labute approximate surface area is 104 Å². The van der Waals surface area contributed by atoms with Gasteiger partial charge in [-0.25, -0.2) is 4.98 Å². The van der Waals surface area contributed by atoms with Crippen LogP contribution < -0.4 is 10.2 Å². The zero-order valence-electron chi connectivity index (χ0n) is 9.89. The number of rotatable bonds is 3. The Hall–Kier alpha value is -1.74. The summed E-state index contributed by atoms with van der Waals surface area (Å²) in [5.74, 6) is -0.872. The smallest absolute Gasteiger partial charge is 0.357 e. The lowest BCUT2D eigenvalue weighted by Gasteiger charge is -2.21. The van der Waals surface area contributed by atoms with Crippen LogP contribution in [0.3, 0.4) is 0 Å². The first-order valence-electron chi connectivity index (χ1n) is 4.95. The minimum absolute atomic E-state index is 0.404. The van der Waals surface area contributed by atoms with Crippen molar-refractivity contribution in [1.82, 2.24) is 9.97 Å². The summed E-state index contributed by atoms with van der Waals surface area (Å²) >= 11 is 0. The summed E-state index contributed by atoms with van der Waals surface area (Å²) in [6.45, 7) is -1.41. The number of alkyl halides is 6. The van der Waals surface area contributed by atoms with Gasteiger partial charge in [0.2, 0.25) is 5.95 Å². The lowest BCUT2D eigenvalue weighted by molar-refractivity contribution is -0.141. The molecular formula is C9H10F6N4. The largest absolute Gasteiger partial charge is 0.433 e. The highest BCUT2D eigenvalue weighted by molar-refractivity contribution is 5.44. The molecule has 4 nitrogen and oxygen atoms in total. The fraction of sp³-hybridized carbons (Fsp3) is 0.556. The summed E-state index contributed by atoms with van der Waals surface area (Å²) in [7, 11) is 2.26. The first kappa shape index (κ1) is 15.3. The molecule has 0 fully saturated rings. The van der Waals surface area contributed by atoms with Crippen LogP contribution in [0.5, 0.6) is 0 Å². The maximum atomic E-state index is 12.5. The van der Waals surface area contributed by atoms with Gasteiger partial charge in [0.25, 0.3) is 0 Å². The van der Waals surface area contributed by atoms with E-state index in [-0.39, 0.29) is 0 Å². The summed E-state index contributed by atoms with van der Waals surface area (Å²) in [4.78, 5) is 7.27. The highest BCUT2D eigenvalue weighted by Crippen LogP contribution is 2.30. The maximum Gasteiger partial charge on any atom is 0.433 e. The molecule has 0 aliphatic rings. The molecule has 1 aromatic rings. The van der Waals surface area contributed by atoms with Gasteiger partial charge in [0.1, 0.15) is 12.4 Å². The molecule has 0 aliphatic heterocycles. The van der Waals surface area contributed by atoms with Crippen molar-refractivity contribution >= 4 is 11.8 Å². The van der Waals surface area contributed by atoms with Crippen LogP contribution in [0.15, 0.2) is 6.07 Å². The molecule has 108 valence electrons. The molecule has 1 heterocycles. The molecule has 0 atom stereocenters. The van der Waals surface area contributed by atoms with E-state index in [1.807, 2.05) is 0 Å². The van der Waals surface area contributed by atoms with Crippen molar-refractivity contribution in [2.45, 2.75) is 12.4 Å². The fourth-order valence-electron chi connectivity index (χ4n) is 1.24. The summed E-state index contributed by atoms with van der Waals surface area (Å²) < 4.78 is 74.1.